The summed E-state index contributed by atoms with van der Waals surface area (Å²) in [6.07, 6.45) is 22.0. The summed E-state index contributed by atoms with van der Waals surface area (Å²) in [7, 11) is 0. The molecule has 1 aromatic heterocycles. The first-order valence-electron chi connectivity index (χ1n) is 14.5. The lowest BCUT2D eigenvalue weighted by atomic mass is 9.73. The summed E-state index contributed by atoms with van der Waals surface area (Å²) < 4.78 is 1.98. The van der Waals surface area contributed by atoms with E-state index in [9.17, 15) is 5.11 Å². The molecule has 0 unspecified atom stereocenters. The molecule has 2 aliphatic rings. The van der Waals surface area contributed by atoms with Crippen molar-refractivity contribution in [3.05, 3.63) is 60.3 Å². The van der Waals surface area contributed by atoms with E-state index in [-0.39, 0.29) is 5.92 Å². The molecule has 2 aromatic rings. The minimum Gasteiger partial charge on any atom is -0.378 e. The van der Waals surface area contributed by atoms with E-state index in [1.54, 1.807) is 0 Å². The van der Waals surface area contributed by atoms with Crippen LogP contribution >= 0.6 is 0 Å². The van der Waals surface area contributed by atoms with Gasteiger partial charge in [0.15, 0.2) is 11.4 Å². The Morgan fingerprint density at radius 3 is 2.42 bits per heavy atom. The lowest BCUT2D eigenvalue weighted by molar-refractivity contribution is -0.00864. The summed E-state index contributed by atoms with van der Waals surface area (Å²) in [6, 6.07) is 10.1. The summed E-state index contributed by atoms with van der Waals surface area (Å²) >= 11 is 0. The molecule has 1 aromatic carbocycles. The maximum Gasteiger partial charge on any atom is 0.187 e. The Kier molecular flexibility index (Phi) is 10.4. The molecule has 1 aliphatic heterocycles. The smallest absolute Gasteiger partial charge is 0.187 e. The van der Waals surface area contributed by atoms with Crippen molar-refractivity contribution in [2.24, 2.45) is 17.6 Å². The fourth-order valence-electron chi connectivity index (χ4n) is 6.03. The quantitative estimate of drug-likeness (QED) is 0.354. The van der Waals surface area contributed by atoms with Crippen molar-refractivity contribution >= 4 is 0 Å². The van der Waals surface area contributed by atoms with Gasteiger partial charge < -0.3 is 15.7 Å². The average molecular weight is 494 g/mol. The summed E-state index contributed by atoms with van der Waals surface area (Å²) in [5, 5.41) is 16.9. The second-order valence-corrected chi connectivity index (χ2v) is 11.0. The van der Waals surface area contributed by atoms with Crippen LogP contribution in [0.5, 0.6) is 0 Å². The first-order chi connectivity index (χ1) is 17.7. The van der Waals surface area contributed by atoms with Crippen molar-refractivity contribution in [1.29, 1.82) is 0 Å². The fourth-order valence-corrected chi connectivity index (χ4v) is 6.03. The largest absolute Gasteiger partial charge is 0.378 e. The maximum absolute atomic E-state index is 12.0. The SMILES string of the molecule is NCCCCCCC/C=C/N1CCC(Cn2cnc([C@](O)(c3ccccc3)C3CCCCC3)n2)CC1. The zero-order chi connectivity index (χ0) is 25.1. The van der Waals surface area contributed by atoms with Crippen molar-refractivity contribution in [3.8, 4) is 0 Å². The van der Waals surface area contributed by atoms with Gasteiger partial charge in [-0.05, 0) is 75.1 Å². The number of allylic oxidation sites excluding steroid dienone is 1. The molecule has 1 atom stereocenters. The maximum atomic E-state index is 12.0. The molecule has 0 radical (unpaired) electrons. The molecule has 4 rings (SSSR count). The molecule has 0 spiro atoms. The van der Waals surface area contributed by atoms with Crippen LogP contribution in [-0.4, -0.2) is 44.4 Å². The molecule has 1 aliphatic carbocycles. The van der Waals surface area contributed by atoms with Crippen LogP contribution in [0.4, 0.5) is 0 Å². The molecule has 1 saturated heterocycles. The predicted octanol–water partition coefficient (Wildman–Crippen LogP) is 5.62. The number of nitrogens with two attached hydrogens (primary N) is 1. The first-order valence-corrected chi connectivity index (χ1v) is 14.5. The standard InChI is InChI=1S/C30H47N5O/c31-20-12-4-2-1-3-5-13-21-34-22-18-26(19-23-34)24-35-25-32-29(33-35)30(36,27-14-8-6-9-15-27)28-16-10-7-11-17-28/h6,8-9,13-15,21,25-26,28,36H,1-5,7,10-12,16-20,22-24,31H2/b21-13+/t30-/m0/s1. The molecule has 6 nitrogen and oxygen atoms in total. The van der Waals surface area contributed by atoms with Gasteiger partial charge in [0.05, 0.1) is 0 Å². The van der Waals surface area contributed by atoms with E-state index in [0.717, 1.165) is 51.0 Å². The van der Waals surface area contributed by atoms with Crippen LogP contribution in [0.2, 0.25) is 0 Å². The third-order valence-electron chi connectivity index (χ3n) is 8.27. The first kappa shape index (κ1) is 26.9. The number of rotatable bonds is 13. The summed E-state index contributed by atoms with van der Waals surface area (Å²) in [5.41, 5.74) is 5.38. The highest BCUT2D eigenvalue weighted by molar-refractivity contribution is 5.30. The number of benzene rings is 1. The highest BCUT2D eigenvalue weighted by Crippen LogP contribution is 2.42. The van der Waals surface area contributed by atoms with Gasteiger partial charge in [0.2, 0.25) is 0 Å². The number of hydrogen-bond donors (Lipinski definition) is 2. The van der Waals surface area contributed by atoms with E-state index >= 15 is 0 Å². The van der Waals surface area contributed by atoms with Gasteiger partial charge in [0.25, 0.3) is 0 Å². The Morgan fingerprint density at radius 1 is 0.944 bits per heavy atom. The van der Waals surface area contributed by atoms with Crippen molar-refractivity contribution in [3.63, 3.8) is 0 Å². The molecule has 2 heterocycles. The molecule has 198 valence electrons. The molecule has 3 N–H and O–H groups in total. The van der Waals surface area contributed by atoms with Gasteiger partial charge in [-0.15, -0.1) is 0 Å². The van der Waals surface area contributed by atoms with E-state index in [0.29, 0.717) is 11.7 Å². The number of unbranched alkanes of at least 4 members (excludes halogenated alkanes) is 5. The van der Waals surface area contributed by atoms with Crippen LogP contribution in [0, 0.1) is 11.8 Å². The Morgan fingerprint density at radius 2 is 1.67 bits per heavy atom. The van der Waals surface area contributed by atoms with E-state index in [1.165, 1.54) is 64.2 Å². The van der Waals surface area contributed by atoms with Crippen molar-refractivity contribution < 1.29 is 5.11 Å². The highest BCUT2D eigenvalue weighted by atomic mass is 16.3. The lowest BCUT2D eigenvalue weighted by Crippen LogP contribution is -2.39. The zero-order valence-corrected chi connectivity index (χ0v) is 22.1. The van der Waals surface area contributed by atoms with Crippen LogP contribution in [-0.2, 0) is 12.1 Å². The normalized spacial score (nSPS) is 19.7. The minimum absolute atomic E-state index is 0.172. The molecule has 2 fully saturated rings. The molecule has 0 amide bonds. The van der Waals surface area contributed by atoms with Crippen LogP contribution in [0.3, 0.4) is 0 Å². The second-order valence-electron chi connectivity index (χ2n) is 11.0. The third kappa shape index (κ3) is 7.19. The zero-order valence-electron chi connectivity index (χ0n) is 22.1. The fraction of sp³-hybridized carbons (Fsp3) is 0.667. The van der Waals surface area contributed by atoms with E-state index < -0.39 is 5.60 Å². The summed E-state index contributed by atoms with van der Waals surface area (Å²) in [6.45, 7) is 3.91. The summed E-state index contributed by atoms with van der Waals surface area (Å²) in [5.74, 6) is 1.35. The van der Waals surface area contributed by atoms with Crippen LogP contribution in [0.25, 0.3) is 0 Å². The van der Waals surface area contributed by atoms with E-state index in [1.807, 2.05) is 41.3 Å². The predicted molar refractivity (Wildman–Crippen MR) is 146 cm³/mol. The Balaban J connectivity index is 1.27. The van der Waals surface area contributed by atoms with Gasteiger partial charge in [-0.25, -0.2) is 4.98 Å². The molecule has 0 bridgehead atoms. The third-order valence-corrected chi connectivity index (χ3v) is 8.27. The van der Waals surface area contributed by atoms with Gasteiger partial charge in [-0.3, -0.25) is 4.68 Å². The van der Waals surface area contributed by atoms with Crippen molar-refractivity contribution in [2.45, 2.75) is 95.6 Å². The minimum atomic E-state index is -1.11. The lowest BCUT2D eigenvalue weighted by Gasteiger charge is -2.37. The monoisotopic (exact) mass is 493 g/mol. The van der Waals surface area contributed by atoms with Gasteiger partial charge in [0, 0.05) is 19.6 Å². The second kappa shape index (κ2) is 13.9. The van der Waals surface area contributed by atoms with Gasteiger partial charge in [-0.1, -0.05) is 74.9 Å². The Labute approximate surface area is 218 Å². The van der Waals surface area contributed by atoms with Gasteiger partial charge in [0.1, 0.15) is 6.33 Å². The topological polar surface area (TPSA) is 80.2 Å². The average Bonchev–Trinajstić information content (AvgIpc) is 3.40. The molecular weight excluding hydrogens is 446 g/mol. The van der Waals surface area contributed by atoms with E-state index in [4.69, 9.17) is 10.8 Å². The molecule has 1 saturated carbocycles. The number of aliphatic hydroxyl groups is 1. The highest BCUT2D eigenvalue weighted by Gasteiger charge is 2.43. The number of aromatic nitrogens is 3. The van der Waals surface area contributed by atoms with Gasteiger partial charge >= 0.3 is 0 Å². The molecule has 6 heteroatoms. The number of likely N-dealkylation sites (tertiary alicyclic amines) is 1. The summed E-state index contributed by atoms with van der Waals surface area (Å²) in [4.78, 5) is 7.14. The Bertz CT molecular complexity index is 899. The van der Waals surface area contributed by atoms with Gasteiger partial charge in [-0.2, -0.15) is 5.10 Å². The van der Waals surface area contributed by atoms with E-state index in [2.05, 4.69) is 22.2 Å². The number of hydrogen-bond acceptors (Lipinski definition) is 5. The molecule has 36 heavy (non-hydrogen) atoms. The Hall–Kier alpha value is -2.18. The number of piperidine rings is 1. The van der Waals surface area contributed by atoms with Crippen molar-refractivity contribution in [2.75, 3.05) is 19.6 Å². The van der Waals surface area contributed by atoms with Crippen LogP contribution < -0.4 is 5.73 Å². The van der Waals surface area contributed by atoms with Crippen molar-refractivity contribution in [1.82, 2.24) is 19.7 Å². The number of nitrogens with zero attached hydrogens (tertiary/aromatic N) is 4. The molecular formula is C30H47N5O. The van der Waals surface area contributed by atoms with Crippen LogP contribution in [0.1, 0.15) is 94.9 Å². The van der Waals surface area contributed by atoms with Crippen LogP contribution in [0.15, 0.2) is 48.9 Å².